The van der Waals surface area contributed by atoms with E-state index in [1.165, 1.54) is 28.4 Å². The summed E-state index contributed by atoms with van der Waals surface area (Å²) in [5, 5.41) is 22.9. The van der Waals surface area contributed by atoms with E-state index in [0.29, 0.717) is 16.1 Å². The van der Waals surface area contributed by atoms with E-state index in [2.05, 4.69) is 0 Å². The monoisotopic (exact) mass is 425 g/mol. The van der Waals surface area contributed by atoms with Crippen LogP contribution in [0.3, 0.4) is 0 Å². The van der Waals surface area contributed by atoms with Gasteiger partial charge in [0.05, 0.1) is 18.2 Å². The maximum Gasteiger partial charge on any atom is 0.295 e. The Bertz CT molecular complexity index is 1090. The highest BCUT2D eigenvalue weighted by Crippen LogP contribution is 2.41. The van der Waals surface area contributed by atoms with Gasteiger partial charge in [0.2, 0.25) is 0 Å². The second-order valence-electron chi connectivity index (χ2n) is 6.60. The van der Waals surface area contributed by atoms with E-state index >= 15 is 0 Å². The van der Waals surface area contributed by atoms with E-state index in [9.17, 15) is 19.8 Å². The third-order valence-corrected chi connectivity index (χ3v) is 5.89. The number of phenolic OH excluding ortho intramolecular Hbond substituents is 1. The van der Waals surface area contributed by atoms with Crippen molar-refractivity contribution in [3.63, 3.8) is 0 Å². The first-order chi connectivity index (χ1) is 14.0. The van der Waals surface area contributed by atoms with Crippen LogP contribution in [0.2, 0.25) is 5.02 Å². The molecule has 1 aromatic heterocycles. The third kappa shape index (κ3) is 3.64. The van der Waals surface area contributed by atoms with Gasteiger partial charge in [-0.2, -0.15) is 0 Å². The number of halogens is 1. The predicted molar refractivity (Wildman–Crippen MR) is 112 cm³/mol. The number of likely N-dealkylation sites (tertiary alicyclic amines) is 1. The standard InChI is InChI=1S/C22H16ClNO4S/c23-15-7-3-14(4-8-15)20(26)18-19(13-5-9-16(25)10-6-13)24(22(28)21(18)27)12-17-2-1-11-29-17/h1-11,19,25-26H,12H2/b20-18-. The molecule has 146 valence electrons. The third-order valence-electron chi connectivity index (χ3n) is 4.77. The molecule has 0 aliphatic carbocycles. The molecule has 0 radical (unpaired) electrons. The fourth-order valence-electron chi connectivity index (χ4n) is 3.38. The summed E-state index contributed by atoms with van der Waals surface area (Å²) in [6, 6.07) is 15.7. The summed E-state index contributed by atoms with van der Waals surface area (Å²) < 4.78 is 0. The lowest BCUT2D eigenvalue weighted by Crippen LogP contribution is -2.28. The first-order valence-corrected chi connectivity index (χ1v) is 10.1. The maximum atomic E-state index is 12.9. The van der Waals surface area contributed by atoms with Gasteiger partial charge >= 0.3 is 0 Å². The number of aliphatic hydroxyl groups is 1. The molecule has 0 saturated carbocycles. The van der Waals surface area contributed by atoms with Gasteiger partial charge in [0.25, 0.3) is 11.7 Å². The van der Waals surface area contributed by atoms with Gasteiger partial charge in [0.15, 0.2) is 0 Å². The zero-order chi connectivity index (χ0) is 20.5. The number of ketones is 1. The number of aliphatic hydroxyl groups excluding tert-OH is 1. The Morgan fingerprint density at radius 2 is 1.72 bits per heavy atom. The van der Waals surface area contributed by atoms with Crippen LogP contribution < -0.4 is 0 Å². The number of rotatable bonds is 4. The average Bonchev–Trinajstić information content (AvgIpc) is 3.31. The van der Waals surface area contributed by atoms with Crippen LogP contribution in [-0.2, 0) is 16.1 Å². The van der Waals surface area contributed by atoms with Crippen molar-refractivity contribution >= 4 is 40.4 Å². The number of aromatic hydroxyl groups is 1. The van der Waals surface area contributed by atoms with Crippen molar-refractivity contribution in [1.82, 2.24) is 4.90 Å². The smallest absolute Gasteiger partial charge is 0.295 e. The molecule has 4 rings (SSSR count). The molecule has 1 amide bonds. The molecule has 1 aliphatic rings. The molecule has 0 spiro atoms. The highest BCUT2D eigenvalue weighted by molar-refractivity contribution is 7.09. The minimum Gasteiger partial charge on any atom is -0.508 e. The maximum absolute atomic E-state index is 12.9. The van der Waals surface area contributed by atoms with Crippen molar-refractivity contribution in [3.05, 3.63) is 92.6 Å². The van der Waals surface area contributed by atoms with Crippen molar-refractivity contribution in [2.24, 2.45) is 0 Å². The van der Waals surface area contributed by atoms with Crippen LogP contribution in [0.25, 0.3) is 5.76 Å². The first-order valence-electron chi connectivity index (χ1n) is 8.81. The number of nitrogens with zero attached hydrogens (tertiary/aromatic N) is 1. The Labute approximate surface area is 176 Å². The number of thiophene rings is 1. The van der Waals surface area contributed by atoms with Crippen molar-refractivity contribution < 1.29 is 19.8 Å². The Balaban J connectivity index is 1.86. The number of amides is 1. The molecule has 7 heteroatoms. The zero-order valence-corrected chi connectivity index (χ0v) is 16.7. The SMILES string of the molecule is O=C1C(=O)N(Cc2cccs2)C(c2ccc(O)cc2)/C1=C(/O)c1ccc(Cl)cc1. The van der Waals surface area contributed by atoms with Gasteiger partial charge < -0.3 is 15.1 Å². The van der Waals surface area contributed by atoms with Crippen LogP contribution in [0.5, 0.6) is 5.75 Å². The van der Waals surface area contributed by atoms with E-state index in [1.54, 1.807) is 36.4 Å². The van der Waals surface area contributed by atoms with Crippen LogP contribution in [0, 0.1) is 0 Å². The lowest BCUT2D eigenvalue weighted by molar-refractivity contribution is -0.140. The van der Waals surface area contributed by atoms with Crippen LogP contribution in [0.1, 0.15) is 22.0 Å². The summed E-state index contributed by atoms with van der Waals surface area (Å²) in [6.45, 7) is 0.241. The number of phenols is 1. The molecule has 3 aromatic rings. The summed E-state index contributed by atoms with van der Waals surface area (Å²) in [5.41, 5.74) is 1.03. The summed E-state index contributed by atoms with van der Waals surface area (Å²) >= 11 is 7.40. The summed E-state index contributed by atoms with van der Waals surface area (Å²) in [7, 11) is 0. The topological polar surface area (TPSA) is 77.8 Å². The second-order valence-corrected chi connectivity index (χ2v) is 8.07. The summed E-state index contributed by atoms with van der Waals surface area (Å²) in [6.07, 6.45) is 0. The van der Waals surface area contributed by atoms with Crippen molar-refractivity contribution in [2.75, 3.05) is 0 Å². The van der Waals surface area contributed by atoms with Crippen LogP contribution >= 0.6 is 22.9 Å². The summed E-state index contributed by atoms with van der Waals surface area (Å²) in [4.78, 5) is 28.1. The van der Waals surface area contributed by atoms with E-state index in [-0.39, 0.29) is 23.6 Å². The number of carbonyl (C=O) groups excluding carboxylic acids is 2. The minimum absolute atomic E-state index is 0.0135. The van der Waals surface area contributed by atoms with Gasteiger partial charge in [-0.1, -0.05) is 29.8 Å². The lowest BCUT2D eigenvalue weighted by Gasteiger charge is -2.25. The highest BCUT2D eigenvalue weighted by atomic mass is 35.5. The molecular formula is C22H16ClNO4S. The molecule has 1 unspecified atom stereocenters. The number of benzene rings is 2. The zero-order valence-electron chi connectivity index (χ0n) is 15.1. The fraction of sp³-hybridized carbons (Fsp3) is 0.0909. The number of carbonyl (C=O) groups is 2. The van der Waals surface area contributed by atoms with E-state index in [0.717, 1.165) is 4.88 Å². The molecule has 2 N–H and O–H groups in total. The highest BCUT2D eigenvalue weighted by Gasteiger charge is 2.46. The quantitative estimate of drug-likeness (QED) is 0.360. The normalized spacial score (nSPS) is 18.4. The van der Waals surface area contributed by atoms with Gasteiger partial charge in [-0.3, -0.25) is 9.59 Å². The Morgan fingerprint density at radius 1 is 1.03 bits per heavy atom. The first kappa shape index (κ1) is 19.2. The molecule has 1 atom stereocenters. The molecule has 1 fully saturated rings. The molecular weight excluding hydrogens is 410 g/mol. The van der Waals surface area contributed by atoms with Crippen molar-refractivity contribution in [1.29, 1.82) is 0 Å². The predicted octanol–water partition coefficient (Wildman–Crippen LogP) is 4.73. The molecule has 5 nitrogen and oxygen atoms in total. The number of hydrogen-bond acceptors (Lipinski definition) is 5. The molecule has 1 saturated heterocycles. The molecule has 2 heterocycles. The summed E-state index contributed by atoms with van der Waals surface area (Å²) in [5.74, 6) is -1.60. The van der Waals surface area contributed by atoms with Crippen LogP contribution in [-0.4, -0.2) is 26.8 Å². The number of Topliss-reactive ketones (excluding diaryl/α,β-unsaturated/α-hetero) is 1. The average molecular weight is 426 g/mol. The Kier molecular flexibility index (Phi) is 5.13. The minimum atomic E-state index is -0.770. The molecule has 29 heavy (non-hydrogen) atoms. The van der Waals surface area contributed by atoms with Gasteiger partial charge in [-0.15, -0.1) is 11.3 Å². The van der Waals surface area contributed by atoms with Crippen molar-refractivity contribution in [3.8, 4) is 5.75 Å². The Hall–Kier alpha value is -3.09. The van der Waals surface area contributed by atoms with Gasteiger partial charge in [-0.05, 0) is 53.4 Å². The number of hydrogen-bond donors (Lipinski definition) is 2. The molecule has 0 bridgehead atoms. The lowest BCUT2D eigenvalue weighted by atomic mass is 9.95. The van der Waals surface area contributed by atoms with E-state index < -0.39 is 17.7 Å². The molecule has 2 aromatic carbocycles. The Morgan fingerprint density at radius 3 is 2.34 bits per heavy atom. The van der Waals surface area contributed by atoms with E-state index in [4.69, 9.17) is 11.6 Å². The fourth-order valence-corrected chi connectivity index (χ4v) is 4.21. The van der Waals surface area contributed by atoms with E-state index in [1.807, 2.05) is 17.5 Å². The van der Waals surface area contributed by atoms with Crippen LogP contribution in [0.15, 0.2) is 71.6 Å². The largest absolute Gasteiger partial charge is 0.508 e. The van der Waals surface area contributed by atoms with Crippen molar-refractivity contribution in [2.45, 2.75) is 12.6 Å². The van der Waals surface area contributed by atoms with Crippen LogP contribution in [0.4, 0.5) is 0 Å². The van der Waals surface area contributed by atoms with Gasteiger partial charge in [0.1, 0.15) is 11.5 Å². The molecule has 1 aliphatic heterocycles. The van der Waals surface area contributed by atoms with Gasteiger partial charge in [-0.25, -0.2) is 0 Å². The van der Waals surface area contributed by atoms with Gasteiger partial charge in [0, 0.05) is 15.5 Å². The second kappa shape index (κ2) is 7.73.